The molecule has 0 aromatic carbocycles. The van der Waals surface area contributed by atoms with Crippen molar-refractivity contribution in [3.8, 4) is 0 Å². The molecular formula is C9H16O5. The molecule has 1 unspecified atom stereocenters. The van der Waals surface area contributed by atoms with Gasteiger partial charge in [0.05, 0.1) is 5.60 Å². The molecule has 0 bridgehead atoms. The maximum absolute atomic E-state index is 10.7. The first-order valence-corrected chi connectivity index (χ1v) is 4.20. The number of rotatable bonds is 3. The van der Waals surface area contributed by atoms with Gasteiger partial charge in [-0.3, -0.25) is 9.59 Å². The Balaban J connectivity index is 5.21. The Morgan fingerprint density at radius 3 is 1.36 bits per heavy atom. The molecule has 0 rings (SSSR count). The smallest absolute Gasteiger partial charge is 0.320 e. The van der Waals surface area contributed by atoms with Gasteiger partial charge in [0.2, 0.25) is 0 Å². The second-order valence-electron chi connectivity index (χ2n) is 4.51. The quantitative estimate of drug-likeness (QED) is 0.584. The average molecular weight is 204 g/mol. The van der Waals surface area contributed by atoms with E-state index in [9.17, 15) is 14.7 Å². The molecule has 0 aromatic heterocycles. The maximum Gasteiger partial charge on any atom is 0.320 e. The molecular weight excluding hydrogens is 188 g/mol. The Labute approximate surface area is 82.4 Å². The van der Waals surface area contributed by atoms with Gasteiger partial charge in [0, 0.05) is 0 Å². The van der Waals surface area contributed by atoms with Crippen molar-refractivity contribution < 1.29 is 24.9 Å². The first kappa shape index (κ1) is 12.9. The zero-order valence-electron chi connectivity index (χ0n) is 8.74. The number of aliphatic hydroxyl groups is 1. The molecule has 82 valence electrons. The Kier molecular flexibility index (Phi) is 3.29. The molecule has 0 radical (unpaired) electrons. The summed E-state index contributed by atoms with van der Waals surface area (Å²) in [6.07, 6.45) is 0. The third-order valence-corrected chi connectivity index (χ3v) is 2.57. The lowest BCUT2D eigenvalue weighted by Crippen LogP contribution is -2.53. The molecule has 14 heavy (non-hydrogen) atoms. The van der Waals surface area contributed by atoms with Gasteiger partial charge in [0.1, 0.15) is 0 Å². The third kappa shape index (κ3) is 2.23. The lowest BCUT2D eigenvalue weighted by atomic mass is 9.70. The summed E-state index contributed by atoms with van der Waals surface area (Å²) in [4.78, 5) is 21.4. The zero-order chi connectivity index (χ0) is 11.7. The van der Waals surface area contributed by atoms with E-state index in [4.69, 9.17) is 10.2 Å². The van der Waals surface area contributed by atoms with E-state index in [0.717, 1.165) is 0 Å². The molecule has 0 aliphatic carbocycles. The predicted molar refractivity (Wildman–Crippen MR) is 48.8 cm³/mol. The van der Waals surface area contributed by atoms with Crippen molar-refractivity contribution in [2.45, 2.75) is 33.3 Å². The fourth-order valence-electron chi connectivity index (χ4n) is 1.02. The molecule has 0 spiro atoms. The molecule has 5 heteroatoms. The number of aliphatic carboxylic acids is 2. The summed E-state index contributed by atoms with van der Waals surface area (Å²) in [6.45, 7) is 5.99. The van der Waals surface area contributed by atoms with Gasteiger partial charge in [-0.05, 0) is 12.3 Å². The Hall–Kier alpha value is -1.10. The maximum atomic E-state index is 10.7. The van der Waals surface area contributed by atoms with Crippen molar-refractivity contribution in [1.82, 2.24) is 0 Å². The highest BCUT2D eigenvalue weighted by atomic mass is 16.4. The first-order chi connectivity index (χ1) is 6.01. The Bertz CT molecular complexity index is 234. The normalized spacial score (nSPS) is 16.4. The SMILES string of the molecule is CC(C)(C)C(C)(O)C(C(=O)O)C(=O)O. The van der Waals surface area contributed by atoms with E-state index in [2.05, 4.69) is 0 Å². The van der Waals surface area contributed by atoms with Gasteiger partial charge in [-0.25, -0.2) is 0 Å². The van der Waals surface area contributed by atoms with Gasteiger partial charge < -0.3 is 15.3 Å². The van der Waals surface area contributed by atoms with Gasteiger partial charge in [0.15, 0.2) is 5.92 Å². The van der Waals surface area contributed by atoms with Crippen molar-refractivity contribution in [3.63, 3.8) is 0 Å². The van der Waals surface area contributed by atoms with E-state index < -0.39 is 28.9 Å². The molecule has 1 atom stereocenters. The minimum Gasteiger partial charge on any atom is -0.481 e. The number of hydrogen-bond donors (Lipinski definition) is 3. The van der Waals surface area contributed by atoms with Gasteiger partial charge >= 0.3 is 11.9 Å². The lowest BCUT2D eigenvalue weighted by molar-refractivity contribution is -0.176. The predicted octanol–water partition coefficient (Wildman–Crippen LogP) is 0.569. The minimum absolute atomic E-state index is 0.825. The van der Waals surface area contributed by atoms with Crippen LogP contribution in [0.25, 0.3) is 0 Å². The Morgan fingerprint density at radius 2 is 1.29 bits per heavy atom. The van der Waals surface area contributed by atoms with Gasteiger partial charge in [-0.15, -0.1) is 0 Å². The van der Waals surface area contributed by atoms with Crippen molar-refractivity contribution in [3.05, 3.63) is 0 Å². The summed E-state index contributed by atoms with van der Waals surface area (Å²) in [5, 5.41) is 27.3. The van der Waals surface area contributed by atoms with E-state index in [1.807, 2.05) is 0 Å². The monoisotopic (exact) mass is 204 g/mol. The van der Waals surface area contributed by atoms with Crippen molar-refractivity contribution in [1.29, 1.82) is 0 Å². The van der Waals surface area contributed by atoms with Crippen LogP contribution in [0.2, 0.25) is 0 Å². The van der Waals surface area contributed by atoms with E-state index in [-0.39, 0.29) is 0 Å². The van der Waals surface area contributed by atoms with Crippen LogP contribution in [0.15, 0.2) is 0 Å². The molecule has 0 fully saturated rings. The van der Waals surface area contributed by atoms with Crippen molar-refractivity contribution in [2.24, 2.45) is 11.3 Å². The van der Waals surface area contributed by atoms with Gasteiger partial charge in [-0.2, -0.15) is 0 Å². The fourth-order valence-corrected chi connectivity index (χ4v) is 1.02. The van der Waals surface area contributed by atoms with Crippen LogP contribution in [0.4, 0.5) is 0 Å². The van der Waals surface area contributed by atoms with Gasteiger partial charge in [0.25, 0.3) is 0 Å². The van der Waals surface area contributed by atoms with Gasteiger partial charge in [-0.1, -0.05) is 20.8 Å². The topological polar surface area (TPSA) is 94.8 Å². The highest BCUT2D eigenvalue weighted by molar-refractivity contribution is 5.94. The van der Waals surface area contributed by atoms with E-state index >= 15 is 0 Å². The molecule has 0 saturated heterocycles. The van der Waals surface area contributed by atoms with Crippen LogP contribution in [-0.2, 0) is 9.59 Å². The van der Waals surface area contributed by atoms with Crippen LogP contribution >= 0.6 is 0 Å². The van der Waals surface area contributed by atoms with Crippen LogP contribution in [0.3, 0.4) is 0 Å². The Morgan fingerprint density at radius 1 is 1.00 bits per heavy atom. The van der Waals surface area contributed by atoms with Crippen molar-refractivity contribution in [2.75, 3.05) is 0 Å². The molecule has 0 aromatic rings. The first-order valence-electron chi connectivity index (χ1n) is 4.20. The summed E-state index contributed by atoms with van der Waals surface area (Å²) in [5.74, 6) is -4.88. The van der Waals surface area contributed by atoms with E-state index in [1.54, 1.807) is 20.8 Å². The molecule has 0 heterocycles. The standard InChI is InChI=1S/C9H16O5/c1-8(2,3)9(4,14)5(6(10)11)7(12)13/h5,14H,1-4H3,(H,10,11)(H,12,13). The van der Waals surface area contributed by atoms with Crippen LogP contribution in [0.5, 0.6) is 0 Å². The molecule has 5 nitrogen and oxygen atoms in total. The summed E-state index contributed by atoms with van der Waals surface area (Å²) < 4.78 is 0. The summed E-state index contributed by atoms with van der Waals surface area (Å²) in [7, 11) is 0. The van der Waals surface area contributed by atoms with Crippen LogP contribution in [0, 0.1) is 11.3 Å². The number of carbonyl (C=O) groups is 2. The van der Waals surface area contributed by atoms with Crippen LogP contribution < -0.4 is 0 Å². The summed E-state index contributed by atoms with van der Waals surface area (Å²) in [5.41, 5.74) is -2.63. The summed E-state index contributed by atoms with van der Waals surface area (Å²) in [6, 6.07) is 0. The molecule has 0 amide bonds. The molecule has 0 aliphatic rings. The van der Waals surface area contributed by atoms with Crippen LogP contribution in [-0.4, -0.2) is 32.9 Å². The second kappa shape index (κ2) is 3.57. The lowest BCUT2D eigenvalue weighted by Gasteiger charge is -2.39. The zero-order valence-corrected chi connectivity index (χ0v) is 8.74. The largest absolute Gasteiger partial charge is 0.481 e. The number of hydrogen-bond acceptors (Lipinski definition) is 3. The highest BCUT2D eigenvalue weighted by Crippen LogP contribution is 2.36. The number of carboxylic acid groups (broad SMARTS) is 2. The summed E-state index contributed by atoms with van der Waals surface area (Å²) >= 11 is 0. The van der Waals surface area contributed by atoms with Crippen LogP contribution in [0.1, 0.15) is 27.7 Å². The minimum atomic E-state index is -1.82. The third-order valence-electron chi connectivity index (χ3n) is 2.57. The van der Waals surface area contributed by atoms with Crippen molar-refractivity contribution >= 4 is 11.9 Å². The second-order valence-corrected chi connectivity index (χ2v) is 4.51. The molecule has 3 N–H and O–H groups in total. The van der Waals surface area contributed by atoms with E-state index in [1.165, 1.54) is 6.92 Å². The molecule has 0 saturated carbocycles. The molecule has 0 aliphatic heterocycles. The average Bonchev–Trinajstić information content (AvgIpc) is 1.79. The highest BCUT2D eigenvalue weighted by Gasteiger charge is 2.50. The number of carboxylic acids is 2. The van der Waals surface area contributed by atoms with E-state index in [0.29, 0.717) is 0 Å². The fraction of sp³-hybridized carbons (Fsp3) is 0.778.